The first-order chi connectivity index (χ1) is 9.12. The maximum Gasteiger partial charge on any atom is 0.414 e. The molecule has 0 radical (unpaired) electrons. The van der Waals surface area contributed by atoms with E-state index < -0.39 is 24.2 Å². The van der Waals surface area contributed by atoms with E-state index in [1.165, 1.54) is 4.90 Å². The summed E-state index contributed by atoms with van der Waals surface area (Å²) in [5, 5.41) is 9.21. The molecule has 0 saturated carbocycles. The molecular weight excluding hydrogens is 273 g/mol. The Hall–Kier alpha value is -0.820. The molecule has 0 aromatic heterocycles. The van der Waals surface area contributed by atoms with Crippen LogP contribution in [0.3, 0.4) is 0 Å². The number of hydrogen-bond acceptors (Lipinski definition) is 3. The number of likely N-dealkylation sites (tertiary alicyclic amines) is 1. The Morgan fingerprint density at radius 1 is 1.35 bits per heavy atom. The largest absolute Gasteiger partial charge is 0.414 e. The SMILES string of the molecule is CC(C)C[C@H](N)C(=O)N1CCC(C(O)C(F)(F)F)CC1. The van der Waals surface area contributed by atoms with E-state index in [4.69, 9.17) is 5.73 Å². The predicted octanol–water partition coefficient (Wildman–Crippen LogP) is 1.52. The predicted molar refractivity (Wildman–Crippen MR) is 68.8 cm³/mol. The molecule has 3 N–H and O–H groups in total. The van der Waals surface area contributed by atoms with E-state index in [2.05, 4.69) is 0 Å². The minimum atomic E-state index is -4.59. The molecule has 20 heavy (non-hydrogen) atoms. The Kier molecular flexibility index (Phi) is 5.82. The van der Waals surface area contributed by atoms with Crippen LogP contribution in [-0.4, -0.2) is 47.3 Å². The Bertz CT molecular complexity index is 326. The van der Waals surface area contributed by atoms with Crippen LogP contribution in [0, 0.1) is 11.8 Å². The van der Waals surface area contributed by atoms with Gasteiger partial charge in [0.25, 0.3) is 0 Å². The van der Waals surface area contributed by atoms with Crippen molar-refractivity contribution in [1.29, 1.82) is 0 Å². The first-order valence-corrected chi connectivity index (χ1v) is 6.92. The second kappa shape index (κ2) is 6.76. The van der Waals surface area contributed by atoms with Crippen molar-refractivity contribution in [2.24, 2.45) is 17.6 Å². The van der Waals surface area contributed by atoms with Gasteiger partial charge in [-0.1, -0.05) is 13.8 Å². The first kappa shape index (κ1) is 17.2. The standard InChI is InChI=1S/C13H23F3N2O2/c1-8(2)7-10(17)12(20)18-5-3-9(4-6-18)11(19)13(14,15)16/h8-11,19H,3-7,17H2,1-2H3/t10-,11?/m0/s1. The van der Waals surface area contributed by atoms with Crippen molar-refractivity contribution in [3.05, 3.63) is 0 Å². The summed E-state index contributed by atoms with van der Waals surface area (Å²) in [5.41, 5.74) is 5.79. The lowest BCUT2D eigenvalue weighted by molar-refractivity contribution is -0.223. The summed E-state index contributed by atoms with van der Waals surface area (Å²) in [6.07, 6.45) is -6.03. The van der Waals surface area contributed by atoms with Crippen LogP contribution in [0.4, 0.5) is 13.2 Å². The van der Waals surface area contributed by atoms with E-state index in [9.17, 15) is 23.1 Å². The highest BCUT2D eigenvalue weighted by atomic mass is 19.4. The molecule has 7 heteroatoms. The van der Waals surface area contributed by atoms with Crippen LogP contribution in [-0.2, 0) is 4.79 Å². The van der Waals surface area contributed by atoms with Crippen molar-refractivity contribution in [3.8, 4) is 0 Å². The van der Waals surface area contributed by atoms with Crippen LogP contribution < -0.4 is 5.73 Å². The van der Waals surface area contributed by atoms with Crippen molar-refractivity contribution >= 4 is 5.91 Å². The third-order valence-corrected chi connectivity index (χ3v) is 3.68. The molecule has 1 heterocycles. The second-order valence-corrected chi connectivity index (χ2v) is 5.89. The molecule has 1 saturated heterocycles. The van der Waals surface area contributed by atoms with Crippen LogP contribution in [0.2, 0.25) is 0 Å². The summed E-state index contributed by atoms with van der Waals surface area (Å²) in [6, 6.07) is -0.598. The van der Waals surface area contributed by atoms with E-state index in [0.29, 0.717) is 12.3 Å². The molecule has 4 nitrogen and oxygen atoms in total. The van der Waals surface area contributed by atoms with E-state index in [1.54, 1.807) is 0 Å². The van der Waals surface area contributed by atoms with Gasteiger partial charge < -0.3 is 15.7 Å². The van der Waals surface area contributed by atoms with Gasteiger partial charge in [-0.05, 0) is 31.1 Å². The normalized spacial score (nSPS) is 21.1. The zero-order valence-electron chi connectivity index (χ0n) is 11.9. The van der Waals surface area contributed by atoms with Gasteiger partial charge in [0.1, 0.15) is 0 Å². The van der Waals surface area contributed by atoms with Gasteiger partial charge in [-0.15, -0.1) is 0 Å². The van der Waals surface area contributed by atoms with Gasteiger partial charge in [-0.3, -0.25) is 4.79 Å². The van der Waals surface area contributed by atoms with Gasteiger partial charge in [0.2, 0.25) is 5.91 Å². The highest BCUT2D eigenvalue weighted by molar-refractivity contribution is 5.81. The smallest absolute Gasteiger partial charge is 0.383 e. The Morgan fingerprint density at radius 2 is 1.85 bits per heavy atom. The minimum absolute atomic E-state index is 0.154. The minimum Gasteiger partial charge on any atom is -0.383 e. The van der Waals surface area contributed by atoms with Crippen molar-refractivity contribution in [3.63, 3.8) is 0 Å². The topological polar surface area (TPSA) is 66.6 Å². The molecule has 0 aromatic rings. The lowest BCUT2D eigenvalue weighted by Gasteiger charge is -2.36. The maximum atomic E-state index is 12.4. The highest BCUT2D eigenvalue weighted by Gasteiger charge is 2.44. The zero-order valence-corrected chi connectivity index (χ0v) is 11.9. The van der Waals surface area contributed by atoms with E-state index >= 15 is 0 Å². The number of nitrogens with two attached hydrogens (primary N) is 1. The van der Waals surface area contributed by atoms with Crippen molar-refractivity contribution < 1.29 is 23.1 Å². The number of aliphatic hydroxyl groups excluding tert-OH is 1. The molecule has 1 amide bonds. The van der Waals surface area contributed by atoms with Crippen LogP contribution in [0.5, 0.6) is 0 Å². The first-order valence-electron chi connectivity index (χ1n) is 6.92. The average molecular weight is 296 g/mol. The third-order valence-electron chi connectivity index (χ3n) is 3.68. The number of aliphatic hydroxyl groups is 1. The van der Waals surface area contributed by atoms with E-state index in [0.717, 1.165) is 0 Å². The molecule has 118 valence electrons. The van der Waals surface area contributed by atoms with Crippen LogP contribution >= 0.6 is 0 Å². The summed E-state index contributed by atoms with van der Waals surface area (Å²) in [4.78, 5) is 13.5. The maximum absolute atomic E-state index is 12.4. The zero-order chi connectivity index (χ0) is 15.5. The number of nitrogens with zero attached hydrogens (tertiary/aromatic N) is 1. The summed E-state index contributed by atoms with van der Waals surface area (Å²) in [6.45, 7) is 4.36. The van der Waals surface area contributed by atoms with Gasteiger partial charge in [0.15, 0.2) is 6.10 Å². The van der Waals surface area contributed by atoms with Gasteiger partial charge in [0.05, 0.1) is 6.04 Å². The monoisotopic (exact) mass is 296 g/mol. The fraction of sp³-hybridized carbons (Fsp3) is 0.923. The van der Waals surface area contributed by atoms with Crippen LogP contribution in [0.25, 0.3) is 0 Å². The van der Waals surface area contributed by atoms with Gasteiger partial charge in [-0.25, -0.2) is 0 Å². The number of alkyl halides is 3. The summed E-state index contributed by atoms with van der Waals surface area (Å²) in [5.74, 6) is -0.752. The summed E-state index contributed by atoms with van der Waals surface area (Å²) in [7, 11) is 0. The highest BCUT2D eigenvalue weighted by Crippen LogP contribution is 2.31. The molecule has 2 atom stereocenters. The Morgan fingerprint density at radius 3 is 2.25 bits per heavy atom. The fourth-order valence-corrected chi connectivity index (χ4v) is 2.55. The third kappa shape index (κ3) is 4.63. The quantitative estimate of drug-likeness (QED) is 0.826. The molecule has 0 aromatic carbocycles. The van der Waals surface area contributed by atoms with E-state index in [1.807, 2.05) is 13.8 Å². The number of piperidine rings is 1. The van der Waals surface area contributed by atoms with Crippen molar-refractivity contribution in [2.45, 2.75) is 51.4 Å². The molecule has 1 aliphatic rings. The Balaban J connectivity index is 2.48. The number of halogens is 3. The van der Waals surface area contributed by atoms with Crippen molar-refractivity contribution in [2.75, 3.05) is 13.1 Å². The molecule has 0 aliphatic carbocycles. The van der Waals surface area contributed by atoms with Crippen LogP contribution in [0.1, 0.15) is 33.1 Å². The van der Waals surface area contributed by atoms with Crippen molar-refractivity contribution in [1.82, 2.24) is 4.90 Å². The lowest BCUT2D eigenvalue weighted by atomic mass is 9.90. The molecular formula is C13H23F3N2O2. The second-order valence-electron chi connectivity index (χ2n) is 5.89. The number of carbonyl (C=O) groups is 1. The number of amides is 1. The molecule has 0 spiro atoms. The van der Waals surface area contributed by atoms with E-state index in [-0.39, 0.29) is 31.8 Å². The van der Waals surface area contributed by atoms with Gasteiger partial charge in [0, 0.05) is 13.1 Å². The summed E-state index contributed by atoms with van der Waals surface area (Å²) < 4.78 is 37.2. The molecule has 0 bridgehead atoms. The van der Waals surface area contributed by atoms with Crippen LogP contribution in [0.15, 0.2) is 0 Å². The lowest BCUT2D eigenvalue weighted by Crippen LogP contribution is -2.50. The summed E-state index contributed by atoms with van der Waals surface area (Å²) >= 11 is 0. The van der Waals surface area contributed by atoms with Gasteiger partial charge >= 0.3 is 6.18 Å². The number of carbonyl (C=O) groups excluding carboxylic acids is 1. The molecule has 1 aliphatic heterocycles. The number of rotatable bonds is 4. The average Bonchev–Trinajstić information content (AvgIpc) is 2.35. The fourth-order valence-electron chi connectivity index (χ4n) is 2.55. The Labute approximate surface area is 117 Å². The number of hydrogen-bond donors (Lipinski definition) is 2. The molecule has 1 fully saturated rings. The molecule has 1 rings (SSSR count). The van der Waals surface area contributed by atoms with Gasteiger partial charge in [-0.2, -0.15) is 13.2 Å². The molecule has 1 unspecified atom stereocenters.